The van der Waals surface area contributed by atoms with Gasteiger partial charge in [0.05, 0.1) is 18.4 Å². The first kappa shape index (κ1) is 22.1. The van der Waals surface area contributed by atoms with Crippen LogP contribution in [0, 0.1) is 0 Å². The van der Waals surface area contributed by atoms with E-state index in [1.165, 1.54) is 12.7 Å². The van der Waals surface area contributed by atoms with Crippen LogP contribution in [-0.4, -0.2) is 27.8 Å². The summed E-state index contributed by atoms with van der Waals surface area (Å²) in [6, 6.07) is 23.9. The van der Waals surface area contributed by atoms with Crippen LogP contribution in [0.3, 0.4) is 0 Å². The van der Waals surface area contributed by atoms with Gasteiger partial charge in [-0.05, 0) is 46.9 Å². The molecular formula is C29H26N4O3. The van der Waals surface area contributed by atoms with Crippen molar-refractivity contribution in [1.29, 1.82) is 0 Å². The second kappa shape index (κ2) is 8.68. The Morgan fingerprint density at radius 2 is 1.72 bits per heavy atom. The molecule has 2 unspecified atom stereocenters. The summed E-state index contributed by atoms with van der Waals surface area (Å²) in [4.78, 5) is 16.5. The molecule has 2 aliphatic rings. The number of benzene rings is 3. The molecule has 0 saturated carbocycles. The number of ether oxygens (including phenoxy) is 2. The minimum Gasteiger partial charge on any atom is -0.480 e. The van der Waals surface area contributed by atoms with Crippen LogP contribution in [0.25, 0.3) is 5.70 Å². The van der Waals surface area contributed by atoms with Crippen molar-refractivity contribution in [3.8, 4) is 5.75 Å². The topological polar surface area (TPSA) is 78.3 Å². The van der Waals surface area contributed by atoms with Gasteiger partial charge in [0.2, 0.25) is 5.95 Å². The Bertz CT molecular complexity index is 1470. The first-order valence-electron chi connectivity index (χ1n) is 12.0. The van der Waals surface area contributed by atoms with Gasteiger partial charge in [-0.2, -0.15) is 10.1 Å². The highest BCUT2D eigenvalue weighted by Gasteiger charge is 2.40. The number of anilines is 1. The van der Waals surface area contributed by atoms with Crippen LogP contribution in [0.4, 0.5) is 5.95 Å². The minimum absolute atomic E-state index is 0.224. The van der Waals surface area contributed by atoms with E-state index in [4.69, 9.17) is 9.47 Å². The molecule has 1 aromatic heterocycles. The van der Waals surface area contributed by atoms with Gasteiger partial charge in [-0.1, -0.05) is 62.4 Å². The first-order valence-corrected chi connectivity index (χ1v) is 12.0. The molecule has 3 aromatic carbocycles. The van der Waals surface area contributed by atoms with Crippen LogP contribution in [0.2, 0.25) is 0 Å². The van der Waals surface area contributed by atoms with Crippen LogP contribution in [0.15, 0.2) is 84.7 Å². The lowest BCUT2D eigenvalue weighted by atomic mass is 9.84. The predicted octanol–water partition coefficient (Wildman–Crippen LogP) is 5.75. The average Bonchev–Trinajstić information content (AvgIpc) is 3.39. The maximum Gasteiger partial charge on any atom is 0.337 e. The number of fused-ring (bicyclic) bond motifs is 3. The average molecular weight is 479 g/mol. The summed E-state index contributed by atoms with van der Waals surface area (Å²) in [7, 11) is 1.38. The van der Waals surface area contributed by atoms with Crippen molar-refractivity contribution < 1.29 is 14.3 Å². The zero-order valence-corrected chi connectivity index (χ0v) is 20.3. The smallest absolute Gasteiger partial charge is 0.337 e. The van der Waals surface area contributed by atoms with E-state index in [-0.39, 0.29) is 12.0 Å². The lowest BCUT2D eigenvalue weighted by Crippen LogP contribution is -2.32. The number of nitrogens with zero attached hydrogens (tertiary/aromatic N) is 3. The lowest BCUT2D eigenvalue weighted by Gasteiger charge is -2.39. The van der Waals surface area contributed by atoms with Gasteiger partial charge in [0.15, 0.2) is 0 Å². The summed E-state index contributed by atoms with van der Waals surface area (Å²) >= 11 is 0. The van der Waals surface area contributed by atoms with Crippen molar-refractivity contribution in [2.24, 2.45) is 0 Å². The first-order chi connectivity index (χ1) is 17.5. The van der Waals surface area contributed by atoms with Gasteiger partial charge < -0.3 is 14.8 Å². The Morgan fingerprint density at radius 1 is 1.00 bits per heavy atom. The van der Waals surface area contributed by atoms with Crippen LogP contribution in [-0.2, 0) is 4.74 Å². The van der Waals surface area contributed by atoms with Crippen LogP contribution >= 0.6 is 0 Å². The highest BCUT2D eigenvalue weighted by Crippen LogP contribution is 2.50. The molecule has 1 N–H and O–H groups in total. The van der Waals surface area contributed by atoms with Crippen molar-refractivity contribution in [2.45, 2.75) is 31.9 Å². The Balaban J connectivity index is 1.54. The third kappa shape index (κ3) is 3.55. The number of carbonyl (C=O) groups excluding carboxylic acids is 1. The summed E-state index contributed by atoms with van der Waals surface area (Å²) < 4.78 is 13.4. The second-order valence-electron chi connectivity index (χ2n) is 9.32. The number of esters is 1. The fourth-order valence-corrected chi connectivity index (χ4v) is 4.99. The van der Waals surface area contributed by atoms with Gasteiger partial charge >= 0.3 is 5.97 Å². The normalized spacial score (nSPS) is 18.0. The highest BCUT2D eigenvalue weighted by molar-refractivity contribution is 5.89. The fourth-order valence-electron chi connectivity index (χ4n) is 4.99. The molecule has 2 aliphatic heterocycles. The maximum absolute atomic E-state index is 12.0. The molecule has 0 saturated heterocycles. The third-order valence-corrected chi connectivity index (χ3v) is 6.87. The molecule has 0 spiro atoms. The number of carbonyl (C=O) groups is 1. The Morgan fingerprint density at radius 3 is 2.44 bits per heavy atom. The summed E-state index contributed by atoms with van der Waals surface area (Å²) in [5.74, 6) is 1.54. The van der Waals surface area contributed by atoms with Gasteiger partial charge in [0, 0.05) is 11.1 Å². The molecule has 180 valence electrons. The third-order valence-electron chi connectivity index (χ3n) is 6.87. The predicted molar refractivity (Wildman–Crippen MR) is 137 cm³/mol. The van der Waals surface area contributed by atoms with E-state index < -0.39 is 6.10 Å². The molecule has 0 aliphatic carbocycles. The molecule has 2 atom stereocenters. The molecule has 7 heteroatoms. The number of nitrogens with one attached hydrogen (secondary N) is 1. The zero-order valence-electron chi connectivity index (χ0n) is 20.3. The van der Waals surface area contributed by atoms with Gasteiger partial charge in [-0.25, -0.2) is 9.48 Å². The van der Waals surface area contributed by atoms with E-state index in [9.17, 15) is 4.79 Å². The molecular weight excluding hydrogens is 452 g/mol. The number of para-hydroxylation sites is 1. The van der Waals surface area contributed by atoms with E-state index >= 15 is 0 Å². The largest absolute Gasteiger partial charge is 0.480 e. The van der Waals surface area contributed by atoms with E-state index in [0.717, 1.165) is 33.7 Å². The maximum atomic E-state index is 12.0. The van der Waals surface area contributed by atoms with E-state index in [0.29, 0.717) is 17.4 Å². The molecule has 0 radical (unpaired) electrons. The van der Waals surface area contributed by atoms with Crippen molar-refractivity contribution in [2.75, 3.05) is 12.4 Å². The van der Waals surface area contributed by atoms with E-state index in [1.54, 1.807) is 18.5 Å². The Labute approximate surface area is 209 Å². The number of hydrogen-bond acceptors (Lipinski definition) is 6. The molecule has 7 nitrogen and oxygen atoms in total. The summed E-state index contributed by atoms with van der Waals surface area (Å²) in [5.41, 5.74) is 6.78. The number of aromatic nitrogens is 3. The van der Waals surface area contributed by atoms with Crippen molar-refractivity contribution >= 4 is 17.6 Å². The van der Waals surface area contributed by atoms with Crippen molar-refractivity contribution in [3.05, 3.63) is 113 Å². The molecule has 3 heterocycles. The lowest BCUT2D eigenvalue weighted by molar-refractivity contribution is 0.0600. The van der Waals surface area contributed by atoms with Crippen LogP contribution < -0.4 is 10.1 Å². The minimum atomic E-state index is -0.402. The molecule has 0 fully saturated rings. The van der Waals surface area contributed by atoms with Crippen molar-refractivity contribution in [1.82, 2.24) is 14.8 Å². The van der Waals surface area contributed by atoms with Crippen LogP contribution in [0.1, 0.15) is 64.5 Å². The number of rotatable bonds is 4. The molecule has 6 rings (SSSR count). The molecule has 4 aromatic rings. The summed E-state index contributed by atoms with van der Waals surface area (Å²) in [6.45, 7) is 4.38. The SMILES string of the molecule is COC(=O)c1ccc(C2Oc3ccccc3C3=C2C(c2ccc(C(C)C)cc2)n2ncnc2N3)cc1. The van der Waals surface area contributed by atoms with E-state index in [1.807, 2.05) is 35.0 Å². The standard InChI is InChI=1S/C29H26N4O3/c1-17(2)18-8-10-19(11-9-18)26-24-25(32-29-30-16-31-33(26)29)22-6-4-5-7-23(22)36-27(24)20-12-14-21(15-13-20)28(34)35-3/h4-17,26-27H,1-3H3,(H,30,31,32). The monoisotopic (exact) mass is 478 g/mol. The van der Waals surface area contributed by atoms with Crippen LogP contribution in [0.5, 0.6) is 5.75 Å². The molecule has 0 bridgehead atoms. The Hall–Kier alpha value is -4.39. The molecule has 36 heavy (non-hydrogen) atoms. The van der Waals surface area contributed by atoms with Gasteiger partial charge in [0.25, 0.3) is 0 Å². The number of hydrogen-bond donors (Lipinski definition) is 1. The Kier molecular flexibility index (Phi) is 5.33. The number of methoxy groups -OCH3 is 1. The van der Waals surface area contributed by atoms with Gasteiger partial charge in [0.1, 0.15) is 24.2 Å². The summed E-state index contributed by atoms with van der Waals surface area (Å²) in [5, 5.41) is 8.11. The second-order valence-corrected chi connectivity index (χ2v) is 9.32. The zero-order chi connectivity index (χ0) is 24.8. The fraction of sp³-hybridized carbons (Fsp3) is 0.207. The van der Waals surface area contributed by atoms with Gasteiger partial charge in [-0.3, -0.25) is 0 Å². The highest BCUT2D eigenvalue weighted by atomic mass is 16.5. The quantitative estimate of drug-likeness (QED) is 0.377. The van der Waals surface area contributed by atoms with Gasteiger partial charge in [-0.15, -0.1) is 0 Å². The van der Waals surface area contributed by atoms with Crippen molar-refractivity contribution in [3.63, 3.8) is 0 Å². The summed E-state index contributed by atoms with van der Waals surface area (Å²) in [6.07, 6.45) is 1.17. The molecule has 0 amide bonds. The van der Waals surface area contributed by atoms with E-state index in [2.05, 4.69) is 59.6 Å².